The van der Waals surface area contributed by atoms with Crippen molar-refractivity contribution in [1.82, 2.24) is 15.3 Å². The Morgan fingerprint density at radius 3 is 2.90 bits per heavy atom. The zero-order chi connectivity index (χ0) is 14.4. The number of carbonyl (C=O) groups excluding carboxylic acids is 1. The van der Waals surface area contributed by atoms with Gasteiger partial charge in [0.2, 0.25) is 5.91 Å². The molecule has 0 aliphatic carbocycles. The number of fused-ring (bicyclic) bond motifs is 1. The molecule has 0 atom stereocenters. The van der Waals surface area contributed by atoms with Gasteiger partial charge in [0.05, 0.1) is 12.1 Å². The molecule has 2 rings (SSSR count). The van der Waals surface area contributed by atoms with Crippen LogP contribution in [0, 0.1) is 0 Å². The fourth-order valence-corrected chi connectivity index (χ4v) is 2.05. The van der Waals surface area contributed by atoms with Gasteiger partial charge in [-0.1, -0.05) is 25.5 Å². The van der Waals surface area contributed by atoms with Gasteiger partial charge in [0.15, 0.2) is 0 Å². The van der Waals surface area contributed by atoms with Crippen molar-refractivity contribution in [2.24, 2.45) is 0 Å². The summed E-state index contributed by atoms with van der Waals surface area (Å²) in [5.74, 6) is 0.796. The van der Waals surface area contributed by atoms with Gasteiger partial charge in [-0.25, -0.2) is 9.97 Å². The van der Waals surface area contributed by atoms with Crippen LogP contribution in [0.25, 0.3) is 10.9 Å². The summed E-state index contributed by atoms with van der Waals surface area (Å²) < 4.78 is 0. The number of nitrogens with zero attached hydrogens (tertiary/aromatic N) is 3. The van der Waals surface area contributed by atoms with Crippen molar-refractivity contribution in [2.45, 2.75) is 19.8 Å². The Morgan fingerprint density at radius 2 is 2.10 bits per heavy atom. The van der Waals surface area contributed by atoms with Gasteiger partial charge in [0.1, 0.15) is 12.1 Å². The van der Waals surface area contributed by atoms with Crippen LogP contribution >= 0.6 is 0 Å². The van der Waals surface area contributed by atoms with E-state index in [4.69, 9.17) is 0 Å². The highest BCUT2D eigenvalue weighted by atomic mass is 16.2. The standard InChI is InChI=1S/C15H20N4O/c1-3-4-9-16-14(20)10-19(2)15-12-7-5-6-8-13(12)17-11-18-15/h5-8,11H,3-4,9-10H2,1-2H3,(H,16,20). The summed E-state index contributed by atoms with van der Waals surface area (Å²) in [6.45, 7) is 3.13. The molecule has 1 N–H and O–H groups in total. The first-order valence-electron chi connectivity index (χ1n) is 6.90. The molecule has 106 valence electrons. The number of unbranched alkanes of at least 4 members (excludes halogenated alkanes) is 1. The minimum atomic E-state index is 0.0173. The van der Waals surface area contributed by atoms with E-state index in [0.29, 0.717) is 6.54 Å². The van der Waals surface area contributed by atoms with Crippen molar-refractivity contribution in [3.63, 3.8) is 0 Å². The van der Waals surface area contributed by atoms with Gasteiger partial charge in [-0.05, 0) is 18.6 Å². The Bertz CT molecular complexity index is 580. The first-order chi connectivity index (χ1) is 9.72. The lowest BCUT2D eigenvalue weighted by atomic mass is 10.2. The maximum Gasteiger partial charge on any atom is 0.239 e. The predicted molar refractivity (Wildman–Crippen MR) is 80.7 cm³/mol. The Labute approximate surface area is 119 Å². The molecule has 0 spiro atoms. The highest BCUT2D eigenvalue weighted by molar-refractivity contribution is 5.91. The number of hydrogen-bond acceptors (Lipinski definition) is 4. The van der Waals surface area contributed by atoms with Gasteiger partial charge >= 0.3 is 0 Å². The van der Waals surface area contributed by atoms with E-state index in [2.05, 4.69) is 22.2 Å². The first kappa shape index (κ1) is 14.2. The number of nitrogens with one attached hydrogen (secondary N) is 1. The first-order valence-corrected chi connectivity index (χ1v) is 6.90. The SMILES string of the molecule is CCCCNC(=O)CN(C)c1ncnc2ccccc12. The van der Waals surface area contributed by atoms with Crippen LogP contribution in [0.4, 0.5) is 5.82 Å². The van der Waals surface area contributed by atoms with Crippen molar-refractivity contribution in [2.75, 3.05) is 25.0 Å². The molecule has 1 heterocycles. The van der Waals surface area contributed by atoms with E-state index in [1.54, 1.807) is 0 Å². The van der Waals surface area contributed by atoms with Crippen LogP contribution in [0.15, 0.2) is 30.6 Å². The van der Waals surface area contributed by atoms with Gasteiger partial charge in [0, 0.05) is 19.0 Å². The van der Waals surface area contributed by atoms with E-state index in [0.717, 1.165) is 36.1 Å². The van der Waals surface area contributed by atoms with Crippen molar-refractivity contribution >= 4 is 22.6 Å². The predicted octanol–water partition coefficient (Wildman–Crippen LogP) is 1.98. The monoisotopic (exact) mass is 272 g/mol. The van der Waals surface area contributed by atoms with Crippen LogP contribution in [-0.2, 0) is 4.79 Å². The zero-order valence-electron chi connectivity index (χ0n) is 12.0. The quantitative estimate of drug-likeness (QED) is 0.817. The third-order valence-corrected chi connectivity index (χ3v) is 3.12. The lowest BCUT2D eigenvalue weighted by Crippen LogP contribution is -2.36. The molecule has 20 heavy (non-hydrogen) atoms. The molecule has 0 unspecified atom stereocenters. The topological polar surface area (TPSA) is 58.1 Å². The average molecular weight is 272 g/mol. The number of rotatable bonds is 6. The Balaban J connectivity index is 2.07. The molecule has 0 bridgehead atoms. The minimum Gasteiger partial charge on any atom is -0.355 e. The van der Waals surface area contributed by atoms with Crippen LogP contribution in [0.2, 0.25) is 0 Å². The minimum absolute atomic E-state index is 0.0173. The largest absolute Gasteiger partial charge is 0.355 e. The van der Waals surface area contributed by atoms with E-state index < -0.39 is 0 Å². The van der Waals surface area contributed by atoms with Crippen molar-refractivity contribution in [3.8, 4) is 0 Å². The zero-order valence-corrected chi connectivity index (χ0v) is 12.0. The Hall–Kier alpha value is -2.17. The van der Waals surface area contributed by atoms with Gasteiger partial charge < -0.3 is 10.2 Å². The highest BCUT2D eigenvalue weighted by Crippen LogP contribution is 2.20. The van der Waals surface area contributed by atoms with Crippen LogP contribution < -0.4 is 10.2 Å². The summed E-state index contributed by atoms with van der Waals surface area (Å²) >= 11 is 0. The van der Waals surface area contributed by atoms with Crippen molar-refractivity contribution in [1.29, 1.82) is 0 Å². The van der Waals surface area contributed by atoms with E-state index in [-0.39, 0.29) is 5.91 Å². The molecule has 0 radical (unpaired) electrons. The molecular weight excluding hydrogens is 252 g/mol. The third-order valence-electron chi connectivity index (χ3n) is 3.12. The molecule has 1 amide bonds. The Kier molecular flexibility index (Phi) is 4.87. The summed E-state index contributed by atoms with van der Waals surface area (Å²) in [5, 5.41) is 3.87. The van der Waals surface area contributed by atoms with E-state index in [1.807, 2.05) is 36.2 Å². The van der Waals surface area contributed by atoms with Gasteiger partial charge in [0.25, 0.3) is 0 Å². The molecule has 2 aromatic rings. The number of likely N-dealkylation sites (N-methyl/N-ethyl adjacent to an activating group) is 1. The van der Waals surface area contributed by atoms with Gasteiger partial charge in [-0.15, -0.1) is 0 Å². The van der Waals surface area contributed by atoms with Crippen LogP contribution in [-0.4, -0.2) is 36.0 Å². The molecule has 1 aromatic carbocycles. The van der Waals surface area contributed by atoms with Crippen LogP contribution in [0.1, 0.15) is 19.8 Å². The fourth-order valence-electron chi connectivity index (χ4n) is 2.05. The van der Waals surface area contributed by atoms with Gasteiger partial charge in [-0.2, -0.15) is 0 Å². The highest BCUT2D eigenvalue weighted by Gasteiger charge is 2.11. The lowest BCUT2D eigenvalue weighted by Gasteiger charge is -2.19. The van der Waals surface area contributed by atoms with Crippen molar-refractivity contribution < 1.29 is 4.79 Å². The summed E-state index contributed by atoms with van der Waals surface area (Å²) in [6, 6.07) is 7.80. The number of anilines is 1. The van der Waals surface area contributed by atoms with Crippen LogP contribution in [0.3, 0.4) is 0 Å². The average Bonchev–Trinajstić information content (AvgIpc) is 2.47. The maximum atomic E-state index is 11.8. The Morgan fingerprint density at radius 1 is 1.30 bits per heavy atom. The molecule has 0 saturated carbocycles. The summed E-state index contributed by atoms with van der Waals surface area (Å²) in [6.07, 6.45) is 3.61. The molecule has 5 heteroatoms. The summed E-state index contributed by atoms with van der Waals surface area (Å²) in [4.78, 5) is 22.2. The normalized spacial score (nSPS) is 10.5. The molecule has 5 nitrogen and oxygen atoms in total. The number of para-hydroxylation sites is 1. The summed E-state index contributed by atoms with van der Waals surface area (Å²) in [7, 11) is 1.87. The van der Waals surface area contributed by atoms with E-state index >= 15 is 0 Å². The second-order valence-corrected chi connectivity index (χ2v) is 4.77. The number of benzene rings is 1. The van der Waals surface area contributed by atoms with Crippen LogP contribution in [0.5, 0.6) is 0 Å². The number of hydrogen-bond donors (Lipinski definition) is 1. The third kappa shape index (κ3) is 3.44. The molecule has 0 saturated heterocycles. The smallest absolute Gasteiger partial charge is 0.239 e. The summed E-state index contributed by atoms with van der Waals surface area (Å²) in [5.41, 5.74) is 0.885. The number of amides is 1. The van der Waals surface area contributed by atoms with E-state index in [9.17, 15) is 4.79 Å². The number of carbonyl (C=O) groups is 1. The molecule has 0 aliphatic rings. The van der Waals surface area contributed by atoms with Crippen molar-refractivity contribution in [3.05, 3.63) is 30.6 Å². The molecule has 1 aromatic heterocycles. The second kappa shape index (κ2) is 6.84. The lowest BCUT2D eigenvalue weighted by molar-refractivity contribution is -0.119. The molecular formula is C15H20N4O. The maximum absolute atomic E-state index is 11.8. The fraction of sp³-hybridized carbons (Fsp3) is 0.400. The second-order valence-electron chi connectivity index (χ2n) is 4.77. The number of aromatic nitrogens is 2. The molecule has 0 aliphatic heterocycles. The van der Waals surface area contributed by atoms with Gasteiger partial charge in [-0.3, -0.25) is 4.79 Å². The van der Waals surface area contributed by atoms with E-state index in [1.165, 1.54) is 6.33 Å². The molecule has 0 fully saturated rings.